The minimum absolute atomic E-state index is 0.226. The van der Waals surface area contributed by atoms with Crippen LogP contribution in [0.5, 0.6) is 0 Å². The Labute approximate surface area is 137 Å². The number of benzene rings is 1. The van der Waals surface area contributed by atoms with Crippen LogP contribution >= 0.6 is 0 Å². The maximum atomic E-state index is 14.3. The van der Waals surface area contributed by atoms with Gasteiger partial charge in [0.05, 0.1) is 5.41 Å². The molecule has 1 aromatic rings. The first-order chi connectivity index (χ1) is 11.0. The average molecular weight is 322 g/mol. The number of aliphatic carboxylic acids is 1. The standard InChI is InChI=1S/C18H27FN2O2/c1-3-18(4-2,17(22)23)13-20-12-14-15(19)8-7-9-16(14)21-10-5-6-11-21/h7-9,20H,3-6,10-13H2,1-2H3,(H,22,23). The molecule has 0 aromatic heterocycles. The Balaban J connectivity index is 2.09. The highest BCUT2D eigenvalue weighted by atomic mass is 19.1. The summed E-state index contributed by atoms with van der Waals surface area (Å²) in [4.78, 5) is 13.8. The first kappa shape index (κ1) is 17.7. The van der Waals surface area contributed by atoms with Gasteiger partial charge >= 0.3 is 5.97 Å². The van der Waals surface area contributed by atoms with E-state index in [0.717, 1.165) is 31.6 Å². The highest BCUT2D eigenvalue weighted by molar-refractivity contribution is 5.74. The molecule has 1 aliphatic heterocycles. The van der Waals surface area contributed by atoms with Gasteiger partial charge in [-0.25, -0.2) is 4.39 Å². The van der Waals surface area contributed by atoms with E-state index in [-0.39, 0.29) is 5.82 Å². The lowest BCUT2D eigenvalue weighted by Crippen LogP contribution is -2.40. The minimum atomic E-state index is -0.789. The maximum absolute atomic E-state index is 14.3. The van der Waals surface area contributed by atoms with Crippen LogP contribution in [0.15, 0.2) is 18.2 Å². The van der Waals surface area contributed by atoms with Crippen LogP contribution in [0.3, 0.4) is 0 Å². The Hall–Kier alpha value is -1.62. The van der Waals surface area contributed by atoms with Crippen LogP contribution in [0, 0.1) is 11.2 Å². The lowest BCUT2D eigenvalue weighted by atomic mass is 9.82. The molecule has 128 valence electrons. The number of nitrogens with one attached hydrogen (secondary N) is 1. The quantitative estimate of drug-likeness (QED) is 0.770. The number of nitrogens with zero attached hydrogens (tertiary/aromatic N) is 1. The number of anilines is 1. The van der Waals surface area contributed by atoms with Crippen LogP contribution in [0.2, 0.25) is 0 Å². The second-order valence-electron chi connectivity index (χ2n) is 6.33. The maximum Gasteiger partial charge on any atom is 0.310 e. The van der Waals surface area contributed by atoms with Crippen molar-refractivity contribution < 1.29 is 14.3 Å². The second-order valence-corrected chi connectivity index (χ2v) is 6.33. The third-order valence-corrected chi connectivity index (χ3v) is 5.11. The number of hydrogen-bond acceptors (Lipinski definition) is 3. The predicted molar refractivity (Wildman–Crippen MR) is 90.2 cm³/mol. The van der Waals surface area contributed by atoms with E-state index in [2.05, 4.69) is 10.2 Å². The van der Waals surface area contributed by atoms with Gasteiger partial charge in [-0.2, -0.15) is 0 Å². The first-order valence-corrected chi connectivity index (χ1v) is 8.50. The number of carboxylic acid groups (broad SMARTS) is 1. The van der Waals surface area contributed by atoms with Gasteiger partial charge in [-0.1, -0.05) is 19.9 Å². The molecule has 0 aliphatic carbocycles. The number of halogens is 1. The Bertz CT molecular complexity index is 538. The van der Waals surface area contributed by atoms with Gasteiger partial charge in [0.1, 0.15) is 5.82 Å². The van der Waals surface area contributed by atoms with Crippen LogP contribution in [0.25, 0.3) is 0 Å². The molecule has 2 rings (SSSR count). The second kappa shape index (κ2) is 7.77. The molecular formula is C18H27FN2O2. The lowest BCUT2D eigenvalue weighted by Gasteiger charge is -2.28. The fourth-order valence-electron chi connectivity index (χ4n) is 3.28. The van der Waals surface area contributed by atoms with Crippen molar-refractivity contribution in [2.24, 2.45) is 5.41 Å². The highest BCUT2D eigenvalue weighted by Crippen LogP contribution is 2.28. The van der Waals surface area contributed by atoms with Gasteiger partial charge in [0.25, 0.3) is 0 Å². The molecule has 2 N–H and O–H groups in total. The molecule has 0 radical (unpaired) electrons. The summed E-state index contributed by atoms with van der Waals surface area (Å²) in [7, 11) is 0. The van der Waals surface area contributed by atoms with Gasteiger partial charge in [0.15, 0.2) is 0 Å². The zero-order chi connectivity index (χ0) is 16.9. The van der Waals surface area contributed by atoms with E-state index in [4.69, 9.17) is 0 Å². The fraction of sp³-hybridized carbons (Fsp3) is 0.611. The van der Waals surface area contributed by atoms with Crippen molar-refractivity contribution in [2.45, 2.75) is 46.1 Å². The van der Waals surface area contributed by atoms with Gasteiger partial charge in [-0.15, -0.1) is 0 Å². The van der Waals surface area contributed by atoms with E-state index in [0.29, 0.717) is 31.5 Å². The largest absolute Gasteiger partial charge is 0.481 e. The Morgan fingerprint density at radius 1 is 1.30 bits per heavy atom. The van der Waals surface area contributed by atoms with Crippen molar-refractivity contribution in [1.29, 1.82) is 0 Å². The summed E-state index contributed by atoms with van der Waals surface area (Å²) >= 11 is 0. The summed E-state index contributed by atoms with van der Waals surface area (Å²) in [5.74, 6) is -1.01. The summed E-state index contributed by atoms with van der Waals surface area (Å²) < 4.78 is 14.3. The summed E-state index contributed by atoms with van der Waals surface area (Å²) in [5, 5.41) is 12.7. The average Bonchev–Trinajstić information content (AvgIpc) is 3.07. The molecule has 23 heavy (non-hydrogen) atoms. The number of carboxylic acids is 1. The Morgan fingerprint density at radius 3 is 2.52 bits per heavy atom. The molecule has 0 amide bonds. The van der Waals surface area contributed by atoms with E-state index < -0.39 is 11.4 Å². The van der Waals surface area contributed by atoms with E-state index in [1.165, 1.54) is 6.07 Å². The number of carbonyl (C=O) groups is 1. The van der Waals surface area contributed by atoms with Crippen LogP contribution in [0.1, 0.15) is 45.1 Å². The van der Waals surface area contributed by atoms with Gasteiger partial charge < -0.3 is 15.3 Å². The summed E-state index contributed by atoms with van der Waals surface area (Å²) in [6.45, 7) is 6.39. The molecule has 1 aliphatic rings. The lowest BCUT2D eigenvalue weighted by molar-refractivity contribution is -0.149. The molecule has 0 saturated carbocycles. The van der Waals surface area contributed by atoms with Crippen molar-refractivity contribution in [2.75, 3.05) is 24.5 Å². The van der Waals surface area contributed by atoms with Crippen molar-refractivity contribution in [3.63, 3.8) is 0 Å². The van der Waals surface area contributed by atoms with E-state index in [1.54, 1.807) is 6.07 Å². The van der Waals surface area contributed by atoms with E-state index in [9.17, 15) is 14.3 Å². The molecule has 0 unspecified atom stereocenters. The van der Waals surface area contributed by atoms with Crippen LogP contribution < -0.4 is 10.2 Å². The van der Waals surface area contributed by atoms with Gasteiger partial charge in [-0.05, 0) is 37.8 Å². The molecule has 5 heteroatoms. The smallest absolute Gasteiger partial charge is 0.310 e. The normalized spacial score (nSPS) is 15.2. The van der Waals surface area contributed by atoms with Gasteiger partial charge in [0, 0.05) is 37.4 Å². The summed E-state index contributed by atoms with van der Waals surface area (Å²) in [6, 6.07) is 5.17. The topological polar surface area (TPSA) is 52.6 Å². The molecule has 0 atom stereocenters. The first-order valence-electron chi connectivity index (χ1n) is 8.50. The number of hydrogen-bond donors (Lipinski definition) is 2. The molecule has 4 nitrogen and oxygen atoms in total. The van der Waals surface area contributed by atoms with Crippen molar-refractivity contribution >= 4 is 11.7 Å². The monoisotopic (exact) mass is 322 g/mol. The highest BCUT2D eigenvalue weighted by Gasteiger charge is 2.34. The zero-order valence-corrected chi connectivity index (χ0v) is 14.1. The van der Waals surface area contributed by atoms with Crippen LogP contribution in [-0.2, 0) is 11.3 Å². The number of rotatable bonds is 8. The predicted octanol–water partition coefficient (Wildman–Crippen LogP) is 3.41. The van der Waals surface area contributed by atoms with E-state index >= 15 is 0 Å². The van der Waals surface area contributed by atoms with Crippen LogP contribution in [0.4, 0.5) is 10.1 Å². The van der Waals surface area contributed by atoms with Gasteiger partial charge in [-0.3, -0.25) is 4.79 Å². The zero-order valence-electron chi connectivity index (χ0n) is 14.1. The Kier molecular flexibility index (Phi) is 5.99. The molecule has 1 heterocycles. The SMILES string of the molecule is CCC(CC)(CNCc1c(F)cccc1N1CCCC1)C(=O)O. The fourth-order valence-corrected chi connectivity index (χ4v) is 3.28. The molecule has 0 spiro atoms. The van der Waals surface area contributed by atoms with Crippen molar-refractivity contribution in [3.05, 3.63) is 29.6 Å². The molecule has 0 bridgehead atoms. The summed E-state index contributed by atoms with van der Waals surface area (Å²) in [6.07, 6.45) is 3.39. The molecule has 1 fully saturated rings. The van der Waals surface area contributed by atoms with Crippen LogP contribution in [-0.4, -0.2) is 30.7 Å². The molecule has 1 saturated heterocycles. The third-order valence-electron chi connectivity index (χ3n) is 5.11. The third kappa shape index (κ3) is 3.83. The minimum Gasteiger partial charge on any atom is -0.481 e. The van der Waals surface area contributed by atoms with Crippen molar-refractivity contribution in [1.82, 2.24) is 5.32 Å². The van der Waals surface area contributed by atoms with E-state index in [1.807, 2.05) is 19.9 Å². The summed E-state index contributed by atoms with van der Waals surface area (Å²) in [5.41, 5.74) is 0.795. The van der Waals surface area contributed by atoms with Gasteiger partial charge in [0.2, 0.25) is 0 Å². The Morgan fingerprint density at radius 2 is 1.96 bits per heavy atom. The van der Waals surface area contributed by atoms with Crippen molar-refractivity contribution in [3.8, 4) is 0 Å². The molecule has 1 aromatic carbocycles. The molecular weight excluding hydrogens is 295 g/mol.